The van der Waals surface area contributed by atoms with Gasteiger partial charge in [-0.25, -0.2) is 4.79 Å². The maximum atomic E-state index is 12.8. The number of esters is 1. The molecule has 0 radical (unpaired) electrons. The van der Waals surface area contributed by atoms with Gasteiger partial charge >= 0.3 is 5.97 Å². The van der Waals surface area contributed by atoms with E-state index in [0.717, 1.165) is 24.3 Å². The van der Waals surface area contributed by atoms with Crippen LogP contribution in [-0.4, -0.2) is 143 Å². The SMILES string of the molecule is O=C(C=Cc1ccc(O)c(O)c1)O[C@@H]1[C@H](O[C@H]2O[C@H](CO)[C@@H](O)[C@H](O)[C@H]2O)[C@@H](O)[C@H](OC[C@@H](O)c2ccc(O)c(O)c2)O[C@@H]1CO. The van der Waals surface area contributed by atoms with E-state index in [2.05, 4.69) is 0 Å². The fraction of sp³-hybridized carbons (Fsp3) is 0.483. The van der Waals surface area contributed by atoms with Gasteiger partial charge in [0.15, 0.2) is 41.7 Å². The van der Waals surface area contributed by atoms with Crippen molar-refractivity contribution >= 4 is 12.0 Å². The standard InChI is InChI=1S/C29H36O17/c30-9-19-22(38)23(39)24(40)29(43-19)46-27-25(41)28(42-11-18(36)13-3-5-15(33)17(35)8-13)44-20(10-31)26(27)45-21(37)6-2-12-1-4-14(32)16(34)7-12/h1-8,18-20,22-36,38-41H,9-11H2/t18-,19-,20-,22-,23+,24-,25-,26+,27-,28-,29-/m1/s1. The second kappa shape index (κ2) is 15.3. The van der Waals surface area contributed by atoms with Crippen molar-refractivity contribution in [2.75, 3.05) is 19.8 Å². The van der Waals surface area contributed by atoms with Gasteiger partial charge in [-0.05, 0) is 41.5 Å². The summed E-state index contributed by atoms with van der Waals surface area (Å²) >= 11 is 0. The highest BCUT2D eigenvalue weighted by Crippen LogP contribution is 2.33. The first-order chi connectivity index (χ1) is 21.8. The molecule has 4 rings (SSSR count). The Labute approximate surface area is 260 Å². The number of aliphatic hydroxyl groups excluding tert-OH is 7. The largest absolute Gasteiger partial charge is 0.504 e. The molecule has 46 heavy (non-hydrogen) atoms. The van der Waals surface area contributed by atoms with Crippen LogP contribution < -0.4 is 0 Å². The first kappa shape index (κ1) is 35.3. The number of phenolic OH excluding ortho intramolecular Hbond substituents is 4. The Hall–Kier alpha value is -3.59. The summed E-state index contributed by atoms with van der Waals surface area (Å²) in [7, 11) is 0. The van der Waals surface area contributed by atoms with Crippen molar-refractivity contribution in [1.82, 2.24) is 0 Å². The summed E-state index contributed by atoms with van der Waals surface area (Å²) in [4.78, 5) is 12.8. The zero-order valence-electron chi connectivity index (χ0n) is 24.0. The Morgan fingerprint density at radius 3 is 2.02 bits per heavy atom. The van der Waals surface area contributed by atoms with Crippen LogP contribution in [0.5, 0.6) is 23.0 Å². The van der Waals surface area contributed by atoms with Crippen LogP contribution in [0.25, 0.3) is 6.08 Å². The molecule has 2 aromatic rings. The molecule has 2 heterocycles. The first-order valence-corrected chi connectivity index (χ1v) is 14.0. The van der Waals surface area contributed by atoms with E-state index in [4.69, 9.17) is 23.7 Å². The fourth-order valence-corrected chi connectivity index (χ4v) is 4.82. The molecule has 2 saturated heterocycles. The molecule has 17 nitrogen and oxygen atoms in total. The van der Waals surface area contributed by atoms with Gasteiger partial charge < -0.3 is 79.9 Å². The molecule has 0 aliphatic carbocycles. The topological polar surface area (TPSA) is 286 Å². The summed E-state index contributed by atoms with van der Waals surface area (Å²) < 4.78 is 27.7. The van der Waals surface area contributed by atoms with E-state index in [0.29, 0.717) is 0 Å². The van der Waals surface area contributed by atoms with Crippen molar-refractivity contribution < 1.29 is 84.7 Å². The number of rotatable bonds is 11. The van der Waals surface area contributed by atoms with Crippen LogP contribution in [0.15, 0.2) is 42.5 Å². The van der Waals surface area contributed by atoms with Crippen LogP contribution in [0.1, 0.15) is 17.2 Å². The van der Waals surface area contributed by atoms with Crippen LogP contribution in [0.2, 0.25) is 0 Å². The summed E-state index contributed by atoms with van der Waals surface area (Å²) in [5.41, 5.74) is 0.406. The first-order valence-electron chi connectivity index (χ1n) is 14.0. The monoisotopic (exact) mass is 656 g/mol. The number of aromatic hydroxyl groups is 4. The molecule has 2 aliphatic heterocycles. The van der Waals surface area contributed by atoms with Crippen LogP contribution in [0.4, 0.5) is 0 Å². The van der Waals surface area contributed by atoms with Gasteiger partial charge in [-0.2, -0.15) is 0 Å². The second-order valence-corrected chi connectivity index (χ2v) is 10.6. The van der Waals surface area contributed by atoms with Gasteiger partial charge in [0.1, 0.15) is 48.8 Å². The molecule has 254 valence electrons. The van der Waals surface area contributed by atoms with E-state index in [-0.39, 0.29) is 11.1 Å². The van der Waals surface area contributed by atoms with Crippen LogP contribution in [0, 0.1) is 0 Å². The molecular formula is C29H36O17. The van der Waals surface area contributed by atoms with Gasteiger partial charge in [-0.1, -0.05) is 12.1 Å². The Morgan fingerprint density at radius 1 is 0.761 bits per heavy atom. The average Bonchev–Trinajstić information content (AvgIpc) is 3.03. The van der Waals surface area contributed by atoms with E-state index in [1.54, 1.807) is 0 Å². The van der Waals surface area contributed by atoms with Crippen molar-refractivity contribution in [1.29, 1.82) is 0 Å². The predicted octanol–water partition coefficient (Wildman–Crippen LogP) is -2.55. The smallest absolute Gasteiger partial charge is 0.331 e. The number of hydrogen-bond donors (Lipinski definition) is 11. The quantitative estimate of drug-likeness (QED) is 0.0674. The predicted molar refractivity (Wildman–Crippen MR) is 150 cm³/mol. The molecular weight excluding hydrogens is 620 g/mol. The highest BCUT2D eigenvalue weighted by atomic mass is 16.7. The number of phenols is 4. The van der Waals surface area contributed by atoms with E-state index in [9.17, 15) is 61.0 Å². The number of carbonyl (C=O) groups excluding carboxylic acids is 1. The zero-order valence-corrected chi connectivity index (χ0v) is 24.0. The van der Waals surface area contributed by atoms with Gasteiger partial charge in [-0.3, -0.25) is 0 Å². The lowest BCUT2D eigenvalue weighted by atomic mass is 9.96. The van der Waals surface area contributed by atoms with E-state index < -0.39 is 116 Å². The average molecular weight is 657 g/mol. The summed E-state index contributed by atoms with van der Waals surface area (Å²) in [6.45, 7) is -2.21. The van der Waals surface area contributed by atoms with Crippen LogP contribution in [0.3, 0.4) is 0 Å². The summed E-state index contributed by atoms with van der Waals surface area (Å²) in [6, 6.07) is 7.22. The fourth-order valence-electron chi connectivity index (χ4n) is 4.82. The number of benzene rings is 2. The third-order valence-corrected chi connectivity index (χ3v) is 7.40. The summed E-state index contributed by atoms with van der Waals surface area (Å²) in [5.74, 6) is -2.85. The van der Waals surface area contributed by atoms with Crippen molar-refractivity contribution in [2.24, 2.45) is 0 Å². The van der Waals surface area contributed by atoms with E-state index >= 15 is 0 Å². The number of carbonyl (C=O) groups is 1. The van der Waals surface area contributed by atoms with Crippen molar-refractivity contribution in [2.45, 2.75) is 67.5 Å². The lowest BCUT2D eigenvalue weighted by molar-refractivity contribution is -0.361. The minimum absolute atomic E-state index is 0.119. The molecule has 0 bridgehead atoms. The molecule has 2 aliphatic rings. The number of ether oxygens (including phenoxy) is 5. The van der Waals surface area contributed by atoms with Gasteiger partial charge in [0.05, 0.1) is 19.8 Å². The highest BCUT2D eigenvalue weighted by molar-refractivity contribution is 5.87. The normalized spacial score (nSPS) is 32.3. The van der Waals surface area contributed by atoms with Gasteiger partial charge in [-0.15, -0.1) is 0 Å². The molecule has 11 atom stereocenters. The van der Waals surface area contributed by atoms with Gasteiger partial charge in [0, 0.05) is 6.08 Å². The molecule has 0 spiro atoms. The van der Waals surface area contributed by atoms with Crippen molar-refractivity contribution in [3.8, 4) is 23.0 Å². The van der Waals surface area contributed by atoms with Crippen LogP contribution >= 0.6 is 0 Å². The third-order valence-electron chi connectivity index (χ3n) is 7.40. The van der Waals surface area contributed by atoms with Crippen molar-refractivity contribution in [3.63, 3.8) is 0 Å². The van der Waals surface area contributed by atoms with Crippen molar-refractivity contribution in [3.05, 3.63) is 53.6 Å². The molecule has 0 aromatic heterocycles. The van der Waals surface area contributed by atoms with E-state index in [1.807, 2.05) is 0 Å². The Kier molecular flexibility index (Phi) is 11.8. The van der Waals surface area contributed by atoms with E-state index in [1.165, 1.54) is 24.3 Å². The Morgan fingerprint density at radius 2 is 1.39 bits per heavy atom. The second-order valence-electron chi connectivity index (χ2n) is 10.6. The Bertz CT molecular complexity index is 1350. The van der Waals surface area contributed by atoms with Gasteiger partial charge in [0.2, 0.25) is 0 Å². The molecule has 0 saturated carbocycles. The molecule has 2 aromatic carbocycles. The number of hydrogen-bond acceptors (Lipinski definition) is 17. The third kappa shape index (κ3) is 8.03. The highest BCUT2D eigenvalue weighted by Gasteiger charge is 2.52. The lowest BCUT2D eigenvalue weighted by Gasteiger charge is -2.46. The maximum absolute atomic E-state index is 12.8. The number of aliphatic hydroxyl groups is 7. The van der Waals surface area contributed by atoms with Crippen LogP contribution in [-0.2, 0) is 28.5 Å². The molecule has 0 unspecified atom stereocenters. The lowest BCUT2D eigenvalue weighted by Crippen LogP contribution is -2.65. The summed E-state index contributed by atoms with van der Waals surface area (Å²) in [6.07, 6.45) is -16.4. The maximum Gasteiger partial charge on any atom is 0.331 e. The summed E-state index contributed by atoms with van der Waals surface area (Å²) in [5, 5.41) is 111. The molecule has 0 amide bonds. The Balaban J connectivity index is 1.56. The zero-order chi connectivity index (χ0) is 33.7. The minimum Gasteiger partial charge on any atom is -0.504 e. The molecule has 11 N–H and O–H groups in total. The van der Waals surface area contributed by atoms with Gasteiger partial charge in [0.25, 0.3) is 0 Å². The minimum atomic E-state index is -1.93. The molecule has 2 fully saturated rings. The molecule has 17 heteroatoms.